The maximum Gasteiger partial charge on any atom is 0.0728 e. The molecule has 0 unspecified atom stereocenters. The SMILES string of the molecule is C[C@@H]1CNC[C@@H]2[C@@H](C)CC[C@]12O. The molecule has 0 aromatic carbocycles. The van der Waals surface area contributed by atoms with Crippen molar-refractivity contribution in [3.8, 4) is 0 Å². The summed E-state index contributed by atoms with van der Waals surface area (Å²) in [5, 5.41) is 13.8. The Morgan fingerprint density at radius 3 is 2.75 bits per heavy atom. The third kappa shape index (κ3) is 1.01. The maximum absolute atomic E-state index is 10.4. The molecular formula is C10H19NO. The molecule has 0 spiro atoms. The summed E-state index contributed by atoms with van der Waals surface area (Å²) in [5.74, 6) is 1.63. The Balaban J connectivity index is 2.21. The summed E-state index contributed by atoms with van der Waals surface area (Å²) in [6.07, 6.45) is 2.22. The summed E-state index contributed by atoms with van der Waals surface area (Å²) < 4.78 is 0. The van der Waals surface area contributed by atoms with Crippen molar-refractivity contribution in [2.24, 2.45) is 17.8 Å². The van der Waals surface area contributed by atoms with Crippen molar-refractivity contribution in [2.75, 3.05) is 13.1 Å². The minimum atomic E-state index is -0.343. The molecule has 0 bridgehead atoms. The molecule has 0 amide bonds. The van der Waals surface area contributed by atoms with E-state index in [-0.39, 0.29) is 5.60 Å². The Morgan fingerprint density at radius 2 is 2.08 bits per heavy atom. The molecule has 2 nitrogen and oxygen atoms in total. The molecule has 2 heteroatoms. The van der Waals surface area contributed by atoms with Crippen molar-refractivity contribution in [2.45, 2.75) is 32.3 Å². The second kappa shape index (κ2) is 2.71. The Hall–Kier alpha value is -0.0800. The minimum Gasteiger partial charge on any atom is -0.389 e. The van der Waals surface area contributed by atoms with Crippen LogP contribution >= 0.6 is 0 Å². The molecule has 1 aliphatic carbocycles. The molecule has 0 aromatic heterocycles. The minimum absolute atomic E-state index is 0.343. The summed E-state index contributed by atoms with van der Waals surface area (Å²) in [7, 11) is 0. The number of nitrogens with one attached hydrogen (secondary N) is 1. The van der Waals surface area contributed by atoms with E-state index in [0.29, 0.717) is 17.8 Å². The average molecular weight is 169 g/mol. The highest BCUT2D eigenvalue weighted by atomic mass is 16.3. The topological polar surface area (TPSA) is 32.3 Å². The van der Waals surface area contributed by atoms with Gasteiger partial charge in [0, 0.05) is 19.0 Å². The van der Waals surface area contributed by atoms with E-state index in [1.165, 1.54) is 6.42 Å². The van der Waals surface area contributed by atoms with Gasteiger partial charge in [-0.05, 0) is 24.7 Å². The van der Waals surface area contributed by atoms with Gasteiger partial charge in [0.25, 0.3) is 0 Å². The summed E-state index contributed by atoms with van der Waals surface area (Å²) in [6.45, 7) is 6.43. The summed E-state index contributed by atoms with van der Waals surface area (Å²) in [4.78, 5) is 0. The van der Waals surface area contributed by atoms with Crippen LogP contribution in [0, 0.1) is 17.8 Å². The van der Waals surface area contributed by atoms with Crippen molar-refractivity contribution in [1.29, 1.82) is 0 Å². The first kappa shape index (κ1) is 8.52. The van der Waals surface area contributed by atoms with Gasteiger partial charge in [0.15, 0.2) is 0 Å². The van der Waals surface area contributed by atoms with Crippen molar-refractivity contribution >= 4 is 0 Å². The molecule has 1 saturated heterocycles. The van der Waals surface area contributed by atoms with Gasteiger partial charge in [-0.1, -0.05) is 13.8 Å². The fourth-order valence-electron chi connectivity index (χ4n) is 2.96. The van der Waals surface area contributed by atoms with Gasteiger partial charge >= 0.3 is 0 Å². The quantitative estimate of drug-likeness (QED) is 0.567. The maximum atomic E-state index is 10.4. The van der Waals surface area contributed by atoms with Crippen molar-refractivity contribution < 1.29 is 5.11 Å². The number of fused-ring (bicyclic) bond motifs is 1. The summed E-state index contributed by atoms with van der Waals surface area (Å²) in [5.41, 5.74) is -0.343. The van der Waals surface area contributed by atoms with Crippen LogP contribution in [0.15, 0.2) is 0 Å². The second-order valence-electron chi connectivity index (χ2n) is 4.67. The highest BCUT2D eigenvalue weighted by Crippen LogP contribution is 2.45. The second-order valence-corrected chi connectivity index (χ2v) is 4.67. The van der Waals surface area contributed by atoms with Crippen molar-refractivity contribution in [3.63, 3.8) is 0 Å². The lowest BCUT2D eigenvalue weighted by Gasteiger charge is -2.42. The van der Waals surface area contributed by atoms with Crippen LogP contribution in [0.3, 0.4) is 0 Å². The fourth-order valence-corrected chi connectivity index (χ4v) is 2.96. The first-order valence-corrected chi connectivity index (χ1v) is 5.07. The molecule has 2 aliphatic rings. The predicted molar refractivity (Wildman–Crippen MR) is 48.9 cm³/mol. The number of hydrogen-bond donors (Lipinski definition) is 2. The zero-order valence-corrected chi connectivity index (χ0v) is 8.01. The Morgan fingerprint density at radius 1 is 1.33 bits per heavy atom. The predicted octanol–water partition coefficient (Wildman–Crippen LogP) is 1.00. The van der Waals surface area contributed by atoms with E-state index in [0.717, 1.165) is 19.5 Å². The van der Waals surface area contributed by atoms with Crippen LogP contribution in [0.1, 0.15) is 26.7 Å². The third-order valence-corrected chi connectivity index (χ3v) is 4.00. The molecule has 0 radical (unpaired) electrons. The Bertz CT molecular complexity index is 183. The zero-order chi connectivity index (χ0) is 8.77. The van der Waals surface area contributed by atoms with Crippen LogP contribution in [0.25, 0.3) is 0 Å². The highest BCUT2D eigenvalue weighted by Gasteiger charge is 2.50. The Labute approximate surface area is 74.4 Å². The molecule has 1 saturated carbocycles. The van der Waals surface area contributed by atoms with Crippen molar-refractivity contribution in [3.05, 3.63) is 0 Å². The standard InChI is InChI=1S/C10H19NO/c1-7-3-4-10(12)8(2)5-11-6-9(7)10/h7-9,11-12H,3-6H2,1-2H3/t7-,8+,9+,10-/m0/s1. The molecule has 2 fully saturated rings. The number of aliphatic hydroxyl groups is 1. The van der Waals surface area contributed by atoms with E-state index >= 15 is 0 Å². The summed E-state index contributed by atoms with van der Waals surface area (Å²) in [6, 6.07) is 0. The van der Waals surface area contributed by atoms with Gasteiger partial charge in [-0.3, -0.25) is 0 Å². The molecule has 1 heterocycles. The van der Waals surface area contributed by atoms with E-state index in [1.54, 1.807) is 0 Å². The van der Waals surface area contributed by atoms with Crippen LogP contribution in [-0.2, 0) is 0 Å². The number of piperidine rings is 1. The van der Waals surface area contributed by atoms with Crippen LogP contribution in [0.5, 0.6) is 0 Å². The van der Waals surface area contributed by atoms with Crippen LogP contribution < -0.4 is 5.32 Å². The van der Waals surface area contributed by atoms with E-state index in [4.69, 9.17) is 0 Å². The van der Waals surface area contributed by atoms with Crippen LogP contribution in [-0.4, -0.2) is 23.8 Å². The van der Waals surface area contributed by atoms with Crippen LogP contribution in [0.4, 0.5) is 0 Å². The van der Waals surface area contributed by atoms with Gasteiger partial charge in [-0.2, -0.15) is 0 Å². The van der Waals surface area contributed by atoms with Gasteiger partial charge in [0.2, 0.25) is 0 Å². The zero-order valence-electron chi connectivity index (χ0n) is 8.01. The summed E-state index contributed by atoms with van der Waals surface area (Å²) >= 11 is 0. The lowest BCUT2D eigenvalue weighted by molar-refractivity contribution is -0.0681. The molecule has 70 valence electrons. The first-order valence-electron chi connectivity index (χ1n) is 5.07. The number of hydrogen-bond acceptors (Lipinski definition) is 2. The van der Waals surface area contributed by atoms with E-state index in [1.807, 2.05) is 0 Å². The van der Waals surface area contributed by atoms with Crippen molar-refractivity contribution in [1.82, 2.24) is 5.32 Å². The molecule has 1 aliphatic heterocycles. The monoisotopic (exact) mass is 169 g/mol. The van der Waals surface area contributed by atoms with Gasteiger partial charge in [-0.25, -0.2) is 0 Å². The molecule has 4 atom stereocenters. The molecule has 12 heavy (non-hydrogen) atoms. The van der Waals surface area contributed by atoms with Gasteiger partial charge in [0.05, 0.1) is 5.60 Å². The van der Waals surface area contributed by atoms with Gasteiger partial charge in [0.1, 0.15) is 0 Å². The molecular weight excluding hydrogens is 150 g/mol. The van der Waals surface area contributed by atoms with Crippen LogP contribution in [0.2, 0.25) is 0 Å². The highest BCUT2D eigenvalue weighted by molar-refractivity contribution is 5.02. The average Bonchev–Trinajstić information content (AvgIpc) is 2.33. The van der Waals surface area contributed by atoms with E-state index in [9.17, 15) is 5.11 Å². The van der Waals surface area contributed by atoms with Gasteiger partial charge in [-0.15, -0.1) is 0 Å². The smallest absolute Gasteiger partial charge is 0.0728 e. The first-order chi connectivity index (χ1) is 5.64. The Kier molecular flexibility index (Phi) is 1.92. The normalized spacial score (nSPS) is 53.8. The molecule has 0 aromatic rings. The lowest BCUT2D eigenvalue weighted by Crippen LogP contribution is -2.54. The van der Waals surface area contributed by atoms with E-state index < -0.39 is 0 Å². The number of rotatable bonds is 0. The largest absolute Gasteiger partial charge is 0.389 e. The molecule has 2 N–H and O–H groups in total. The third-order valence-electron chi connectivity index (χ3n) is 4.00. The van der Waals surface area contributed by atoms with Gasteiger partial charge < -0.3 is 10.4 Å². The lowest BCUT2D eigenvalue weighted by atomic mass is 9.75. The molecule has 2 rings (SSSR count). The van der Waals surface area contributed by atoms with E-state index in [2.05, 4.69) is 19.2 Å². The fraction of sp³-hybridized carbons (Fsp3) is 1.00.